The predicted molar refractivity (Wildman–Crippen MR) is 197 cm³/mol. The van der Waals surface area contributed by atoms with E-state index in [1.807, 2.05) is 6.07 Å². The van der Waals surface area contributed by atoms with E-state index in [0.29, 0.717) is 0 Å². The van der Waals surface area contributed by atoms with Crippen molar-refractivity contribution >= 4 is 43.7 Å². The molecule has 5 aliphatic rings. The molecule has 5 aliphatic carbocycles. The lowest BCUT2D eigenvalue weighted by atomic mass is 9.43. The first-order valence-electron chi connectivity index (χ1n) is 17.9. The number of fused-ring (bicyclic) bond motifs is 10. The minimum atomic E-state index is 0.129. The minimum Gasteiger partial charge on any atom is -0.456 e. The number of hydrogen-bond donors (Lipinski definition) is 0. The van der Waals surface area contributed by atoms with Gasteiger partial charge in [0.05, 0.1) is 11.0 Å². The van der Waals surface area contributed by atoms with Gasteiger partial charge in [-0.05, 0) is 126 Å². The zero-order valence-corrected chi connectivity index (χ0v) is 26.8. The molecule has 2 aromatic heterocycles. The van der Waals surface area contributed by atoms with Crippen LogP contribution in [0.15, 0.2) is 132 Å². The monoisotopic (exact) mass is 617 g/mol. The first-order chi connectivity index (χ1) is 23.8. The fourth-order valence-electron chi connectivity index (χ4n) is 11.8. The third-order valence-corrected chi connectivity index (χ3v) is 13.2. The molecule has 0 radical (unpaired) electrons. The van der Waals surface area contributed by atoms with E-state index >= 15 is 0 Å². The van der Waals surface area contributed by atoms with Crippen molar-refractivity contribution in [2.75, 3.05) is 0 Å². The molecule has 8 aromatic rings. The van der Waals surface area contributed by atoms with E-state index in [2.05, 4.69) is 126 Å². The summed E-state index contributed by atoms with van der Waals surface area (Å²) in [5.41, 5.74) is 14.5. The van der Waals surface area contributed by atoms with Gasteiger partial charge in [0.15, 0.2) is 0 Å². The maximum atomic E-state index is 6.23. The van der Waals surface area contributed by atoms with Crippen molar-refractivity contribution in [2.45, 2.75) is 37.5 Å². The van der Waals surface area contributed by atoms with Crippen LogP contribution >= 0.6 is 0 Å². The number of nitrogens with zero attached hydrogens (tertiary/aromatic N) is 1. The second kappa shape index (κ2) is 9.08. The molecule has 230 valence electrons. The Kier molecular flexibility index (Phi) is 4.91. The van der Waals surface area contributed by atoms with Crippen LogP contribution < -0.4 is 0 Å². The summed E-state index contributed by atoms with van der Waals surface area (Å²) in [5.74, 6) is 3.34. The highest BCUT2D eigenvalue weighted by molar-refractivity contribution is 6.15. The highest BCUT2D eigenvalue weighted by Gasteiger charge is 2.62. The van der Waals surface area contributed by atoms with Gasteiger partial charge in [0.2, 0.25) is 0 Å². The molecule has 0 atom stereocenters. The van der Waals surface area contributed by atoms with Crippen LogP contribution in [0.25, 0.3) is 71.7 Å². The lowest BCUT2D eigenvalue weighted by molar-refractivity contribution is -0.0393. The number of benzene rings is 6. The van der Waals surface area contributed by atoms with Crippen molar-refractivity contribution in [3.05, 3.63) is 139 Å². The molecular formula is C46H35NO. The van der Waals surface area contributed by atoms with E-state index < -0.39 is 0 Å². The third-order valence-electron chi connectivity index (χ3n) is 13.2. The molecule has 0 saturated heterocycles. The molecule has 4 saturated carbocycles. The fourth-order valence-corrected chi connectivity index (χ4v) is 11.8. The summed E-state index contributed by atoms with van der Waals surface area (Å²) in [4.78, 5) is 0. The molecule has 0 amide bonds. The van der Waals surface area contributed by atoms with Crippen LogP contribution in [0.1, 0.15) is 43.2 Å². The van der Waals surface area contributed by atoms with Crippen LogP contribution in [0.5, 0.6) is 0 Å². The van der Waals surface area contributed by atoms with Crippen LogP contribution in [0, 0.1) is 23.7 Å². The molecule has 0 unspecified atom stereocenters. The highest BCUT2D eigenvalue weighted by Crippen LogP contribution is 2.70. The maximum Gasteiger partial charge on any atom is 0.136 e. The van der Waals surface area contributed by atoms with Crippen molar-refractivity contribution in [1.82, 2.24) is 4.57 Å². The van der Waals surface area contributed by atoms with Crippen LogP contribution in [-0.4, -0.2) is 4.57 Å². The zero-order valence-electron chi connectivity index (χ0n) is 26.8. The van der Waals surface area contributed by atoms with Crippen molar-refractivity contribution in [1.29, 1.82) is 0 Å². The number of hydrogen-bond acceptors (Lipinski definition) is 1. The Labute approximate surface area is 279 Å². The number of furan rings is 1. The average molecular weight is 618 g/mol. The van der Waals surface area contributed by atoms with Gasteiger partial charge in [0.1, 0.15) is 11.2 Å². The Morgan fingerprint density at radius 2 is 1.19 bits per heavy atom. The average Bonchev–Trinajstić information content (AvgIpc) is 3.77. The van der Waals surface area contributed by atoms with Crippen LogP contribution in [0.3, 0.4) is 0 Å². The Balaban J connectivity index is 1.09. The van der Waals surface area contributed by atoms with Gasteiger partial charge < -0.3 is 8.98 Å². The van der Waals surface area contributed by atoms with Crippen LogP contribution in [0.2, 0.25) is 0 Å². The van der Waals surface area contributed by atoms with E-state index in [1.165, 1.54) is 92.6 Å². The first-order valence-corrected chi connectivity index (χ1v) is 17.9. The maximum absolute atomic E-state index is 6.23. The van der Waals surface area contributed by atoms with Gasteiger partial charge in [0.25, 0.3) is 0 Å². The van der Waals surface area contributed by atoms with Gasteiger partial charge in [-0.15, -0.1) is 0 Å². The molecule has 4 fully saturated rings. The smallest absolute Gasteiger partial charge is 0.136 e. The summed E-state index contributed by atoms with van der Waals surface area (Å²) in [6.07, 6.45) is 7.07. The van der Waals surface area contributed by atoms with Gasteiger partial charge in [-0.2, -0.15) is 0 Å². The molecule has 48 heavy (non-hydrogen) atoms. The Hall–Kier alpha value is -5.08. The van der Waals surface area contributed by atoms with Gasteiger partial charge in [-0.3, -0.25) is 0 Å². The summed E-state index contributed by atoms with van der Waals surface area (Å²) >= 11 is 0. The normalized spacial score (nSPS) is 25.2. The van der Waals surface area contributed by atoms with Crippen molar-refractivity contribution in [3.8, 4) is 27.9 Å². The Bertz CT molecular complexity index is 2600. The topological polar surface area (TPSA) is 18.1 Å². The van der Waals surface area contributed by atoms with E-state index in [9.17, 15) is 0 Å². The van der Waals surface area contributed by atoms with Crippen LogP contribution in [0.4, 0.5) is 0 Å². The molecule has 1 spiro atoms. The Morgan fingerprint density at radius 1 is 0.500 bits per heavy atom. The second-order valence-electron chi connectivity index (χ2n) is 15.3. The molecule has 0 aliphatic heterocycles. The highest BCUT2D eigenvalue weighted by atomic mass is 16.3. The quantitative estimate of drug-likeness (QED) is 0.189. The van der Waals surface area contributed by atoms with E-state index in [1.54, 1.807) is 11.1 Å². The SMILES string of the molecule is c1ccc2c(c1)-c1ccc3c(c1C21C2CC4CC(C2)CC1C4)c1ccccc1n3-c1ccc(-c2cccc3oc4ccccc4c23)cc1. The van der Waals surface area contributed by atoms with Crippen molar-refractivity contribution in [3.63, 3.8) is 0 Å². The third kappa shape index (κ3) is 3.10. The van der Waals surface area contributed by atoms with Gasteiger partial charge in [-0.25, -0.2) is 0 Å². The fraction of sp³-hybridized carbons (Fsp3) is 0.217. The molecule has 2 nitrogen and oxygen atoms in total. The van der Waals surface area contributed by atoms with Crippen molar-refractivity contribution < 1.29 is 4.42 Å². The largest absolute Gasteiger partial charge is 0.456 e. The van der Waals surface area contributed by atoms with E-state index in [4.69, 9.17) is 4.42 Å². The predicted octanol–water partition coefficient (Wildman–Crippen LogP) is 12.1. The minimum absolute atomic E-state index is 0.129. The summed E-state index contributed by atoms with van der Waals surface area (Å²) in [7, 11) is 0. The number of rotatable bonds is 2. The molecule has 6 aromatic carbocycles. The molecule has 2 heterocycles. The van der Waals surface area contributed by atoms with Gasteiger partial charge >= 0.3 is 0 Å². The summed E-state index contributed by atoms with van der Waals surface area (Å²) in [6.45, 7) is 0. The Morgan fingerprint density at radius 3 is 2.02 bits per heavy atom. The molecule has 0 N–H and O–H groups in total. The number of para-hydroxylation sites is 2. The summed E-state index contributed by atoms with van der Waals surface area (Å²) < 4.78 is 8.77. The number of aromatic nitrogens is 1. The second-order valence-corrected chi connectivity index (χ2v) is 15.3. The lowest BCUT2D eigenvalue weighted by Gasteiger charge is -2.61. The standard InChI is InChI=1S/C46H35NO/c1-4-12-38-34(8-1)35-20-21-40-44(45(35)46(38)30-23-27-22-28(25-30)26-31(46)24-27)36-9-2-5-13-39(36)47(40)32-18-16-29(17-19-32)33-11-7-15-42-43(33)37-10-3-6-14-41(37)48-42/h1-21,27-28,30-31H,22-26H2. The lowest BCUT2D eigenvalue weighted by Crippen LogP contribution is -2.55. The van der Waals surface area contributed by atoms with Crippen molar-refractivity contribution in [2.24, 2.45) is 23.7 Å². The van der Waals surface area contributed by atoms with Gasteiger partial charge in [0, 0.05) is 32.6 Å². The van der Waals surface area contributed by atoms with E-state index in [0.717, 1.165) is 34.8 Å². The molecule has 13 rings (SSSR count). The van der Waals surface area contributed by atoms with Crippen LogP contribution in [-0.2, 0) is 5.41 Å². The zero-order chi connectivity index (χ0) is 31.1. The molecule has 4 bridgehead atoms. The molecular weight excluding hydrogens is 583 g/mol. The first kappa shape index (κ1) is 25.9. The summed E-state index contributed by atoms with van der Waals surface area (Å²) in [6, 6.07) is 47.6. The summed E-state index contributed by atoms with van der Waals surface area (Å²) in [5, 5.41) is 5.24. The van der Waals surface area contributed by atoms with E-state index in [-0.39, 0.29) is 5.41 Å². The molecule has 2 heteroatoms. The van der Waals surface area contributed by atoms with Gasteiger partial charge in [-0.1, -0.05) is 91.0 Å².